The Morgan fingerprint density at radius 3 is 3.00 bits per heavy atom. The minimum Gasteiger partial charge on any atom is -0.461 e. The number of hydrogen-bond donors (Lipinski definition) is 1. The van der Waals surface area contributed by atoms with Crippen molar-refractivity contribution >= 4 is 5.97 Å². The molecule has 1 aromatic rings. The van der Waals surface area contributed by atoms with Gasteiger partial charge in [0.2, 0.25) is 0 Å². The average molecular weight is 184 g/mol. The molecule has 0 bridgehead atoms. The normalized spacial score (nSPS) is 10.1. The van der Waals surface area contributed by atoms with Gasteiger partial charge in [-0.3, -0.25) is 0 Å². The molecule has 0 aliphatic heterocycles. The van der Waals surface area contributed by atoms with Gasteiger partial charge in [0, 0.05) is 0 Å². The average Bonchev–Trinajstić information content (AvgIpc) is 2.47. The van der Waals surface area contributed by atoms with E-state index in [1.165, 1.54) is 4.68 Å². The lowest BCUT2D eigenvalue weighted by molar-refractivity contribution is 0.0498. The zero-order chi connectivity index (χ0) is 9.84. The number of aliphatic hydroxyl groups excluding tert-OH is 1. The summed E-state index contributed by atoms with van der Waals surface area (Å²) in [6.07, 6.45) is 0. The van der Waals surface area contributed by atoms with Gasteiger partial charge in [0.1, 0.15) is 12.4 Å². The molecule has 5 heteroatoms. The Morgan fingerprint density at radius 1 is 1.77 bits per heavy atom. The molecule has 0 saturated heterocycles. The van der Waals surface area contributed by atoms with Gasteiger partial charge in [-0.2, -0.15) is 5.10 Å². The third-order valence-electron chi connectivity index (χ3n) is 1.52. The Kier molecular flexibility index (Phi) is 3.02. The molecule has 1 heterocycles. The lowest BCUT2D eigenvalue weighted by atomic mass is 10.4. The van der Waals surface area contributed by atoms with Crippen LogP contribution < -0.4 is 0 Å². The maximum absolute atomic E-state index is 11.2. The second-order valence-electron chi connectivity index (χ2n) is 2.53. The number of carbonyl (C=O) groups is 1. The van der Waals surface area contributed by atoms with Gasteiger partial charge in [-0.25, -0.2) is 9.48 Å². The lowest BCUT2D eigenvalue weighted by Crippen LogP contribution is -2.13. The highest BCUT2D eigenvalue weighted by molar-refractivity contribution is 5.87. The van der Waals surface area contributed by atoms with Crippen molar-refractivity contribution in [3.8, 4) is 0 Å². The number of esters is 1. The molecule has 5 nitrogen and oxygen atoms in total. The molecule has 72 valence electrons. The van der Waals surface area contributed by atoms with E-state index in [0.29, 0.717) is 12.3 Å². The molecule has 1 aromatic heterocycles. The molecule has 0 spiro atoms. The van der Waals surface area contributed by atoms with Crippen LogP contribution in [0.2, 0.25) is 0 Å². The summed E-state index contributed by atoms with van der Waals surface area (Å²) in [6.45, 7) is 3.47. The smallest absolute Gasteiger partial charge is 0.356 e. The Balaban J connectivity index is 2.91. The summed E-state index contributed by atoms with van der Waals surface area (Å²) in [7, 11) is 0. The van der Waals surface area contributed by atoms with Gasteiger partial charge in [0.25, 0.3) is 0 Å². The van der Waals surface area contributed by atoms with Crippen molar-refractivity contribution < 1.29 is 14.6 Å². The van der Waals surface area contributed by atoms with Crippen LogP contribution in [0.1, 0.15) is 23.1 Å². The number of aryl methyl sites for hydroxylation is 1. The molecule has 0 atom stereocenters. The summed E-state index contributed by atoms with van der Waals surface area (Å²) in [5.74, 6) is -0.461. The monoisotopic (exact) mass is 184 g/mol. The van der Waals surface area contributed by atoms with Crippen LogP contribution in [-0.4, -0.2) is 27.5 Å². The standard InChI is InChI=1S/C8H12N2O3/c1-3-13-8(12)7-4-6(2)9-10(7)5-11/h4,11H,3,5H2,1-2H3. The van der Waals surface area contributed by atoms with Gasteiger partial charge in [-0.15, -0.1) is 0 Å². The van der Waals surface area contributed by atoms with Crippen molar-refractivity contribution in [2.45, 2.75) is 20.6 Å². The minimum absolute atomic E-state index is 0.279. The largest absolute Gasteiger partial charge is 0.461 e. The summed E-state index contributed by atoms with van der Waals surface area (Å²) in [5, 5.41) is 12.7. The third kappa shape index (κ3) is 2.06. The highest BCUT2D eigenvalue weighted by Crippen LogP contribution is 2.04. The summed E-state index contributed by atoms with van der Waals surface area (Å²) in [4.78, 5) is 11.2. The van der Waals surface area contributed by atoms with Crippen molar-refractivity contribution in [3.05, 3.63) is 17.5 Å². The van der Waals surface area contributed by atoms with E-state index in [-0.39, 0.29) is 12.4 Å². The van der Waals surface area contributed by atoms with Gasteiger partial charge < -0.3 is 9.84 Å². The highest BCUT2D eigenvalue weighted by atomic mass is 16.5. The van der Waals surface area contributed by atoms with E-state index in [9.17, 15) is 4.79 Å². The number of nitrogens with zero attached hydrogens (tertiary/aromatic N) is 2. The molecule has 0 saturated carbocycles. The van der Waals surface area contributed by atoms with Crippen LogP contribution in [0.4, 0.5) is 0 Å². The number of rotatable bonds is 3. The number of aromatic nitrogens is 2. The molecule has 1 rings (SSSR count). The predicted octanol–water partition coefficient (Wildman–Crippen LogP) is 0.318. The first-order valence-electron chi connectivity index (χ1n) is 4.01. The van der Waals surface area contributed by atoms with Crippen molar-refractivity contribution in [1.82, 2.24) is 9.78 Å². The molecule has 0 fully saturated rings. The number of carbonyl (C=O) groups excluding carboxylic acids is 1. The quantitative estimate of drug-likeness (QED) is 0.687. The van der Waals surface area contributed by atoms with Crippen LogP contribution in [-0.2, 0) is 11.5 Å². The van der Waals surface area contributed by atoms with Crippen LogP contribution >= 0.6 is 0 Å². The van der Waals surface area contributed by atoms with E-state index in [4.69, 9.17) is 9.84 Å². The Labute approximate surface area is 75.9 Å². The summed E-state index contributed by atoms with van der Waals surface area (Å²) in [5.41, 5.74) is 0.957. The van der Waals surface area contributed by atoms with Crippen molar-refractivity contribution in [1.29, 1.82) is 0 Å². The molecule has 0 radical (unpaired) electrons. The minimum atomic E-state index is -0.461. The maximum Gasteiger partial charge on any atom is 0.356 e. The molecule has 0 unspecified atom stereocenters. The number of hydrogen-bond acceptors (Lipinski definition) is 4. The van der Waals surface area contributed by atoms with Crippen LogP contribution in [0.25, 0.3) is 0 Å². The Bertz CT molecular complexity index is 306. The van der Waals surface area contributed by atoms with Crippen molar-refractivity contribution in [2.24, 2.45) is 0 Å². The summed E-state index contributed by atoms with van der Waals surface area (Å²) < 4.78 is 5.97. The maximum atomic E-state index is 11.2. The molecule has 13 heavy (non-hydrogen) atoms. The predicted molar refractivity (Wildman–Crippen MR) is 45.1 cm³/mol. The van der Waals surface area contributed by atoms with E-state index in [1.807, 2.05) is 0 Å². The van der Waals surface area contributed by atoms with Crippen LogP contribution in [0.5, 0.6) is 0 Å². The van der Waals surface area contributed by atoms with Crippen LogP contribution in [0.3, 0.4) is 0 Å². The van der Waals surface area contributed by atoms with E-state index in [1.54, 1.807) is 19.9 Å². The van der Waals surface area contributed by atoms with Gasteiger partial charge in [0.05, 0.1) is 12.3 Å². The molecular weight excluding hydrogens is 172 g/mol. The zero-order valence-electron chi connectivity index (χ0n) is 7.65. The lowest BCUT2D eigenvalue weighted by Gasteiger charge is -2.02. The van der Waals surface area contributed by atoms with E-state index in [0.717, 1.165) is 0 Å². The third-order valence-corrected chi connectivity index (χ3v) is 1.52. The Morgan fingerprint density at radius 2 is 2.46 bits per heavy atom. The number of ether oxygens (including phenoxy) is 1. The van der Waals surface area contributed by atoms with E-state index < -0.39 is 5.97 Å². The number of aliphatic hydroxyl groups is 1. The van der Waals surface area contributed by atoms with Gasteiger partial charge in [-0.1, -0.05) is 0 Å². The molecule has 0 amide bonds. The van der Waals surface area contributed by atoms with Crippen molar-refractivity contribution in [3.63, 3.8) is 0 Å². The molecule has 0 aliphatic carbocycles. The highest BCUT2D eigenvalue weighted by Gasteiger charge is 2.13. The van der Waals surface area contributed by atoms with Gasteiger partial charge >= 0.3 is 5.97 Å². The Hall–Kier alpha value is -1.36. The molecule has 1 N–H and O–H groups in total. The van der Waals surface area contributed by atoms with Crippen molar-refractivity contribution in [2.75, 3.05) is 6.61 Å². The fourth-order valence-corrected chi connectivity index (χ4v) is 1.02. The van der Waals surface area contributed by atoms with E-state index in [2.05, 4.69) is 5.10 Å². The zero-order valence-corrected chi connectivity index (χ0v) is 7.65. The topological polar surface area (TPSA) is 64.3 Å². The van der Waals surface area contributed by atoms with Crippen LogP contribution in [0.15, 0.2) is 6.07 Å². The van der Waals surface area contributed by atoms with E-state index >= 15 is 0 Å². The summed E-state index contributed by atoms with van der Waals surface area (Å²) in [6, 6.07) is 1.58. The SMILES string of the molecule is CCOC(=O)c1cc(C)nn1CO. The molecule has 0 aromatic carbocycles. The van der Waals surface area contributed by atoms with Crippen LogP contribution in [0, 0.1) is 6.92 Å². The second kappa shape index (κ2) is 4.04. The molecule has 0 aliphatic rings. The first-order valence-corrected chi connectivity index (χ1v) is 4.01. The fourth-order valence-electron chi connectivity index (χ4n) is 1.02. The van der Waals surface area contributed by atoms with Gasteiger partial charge in [0.15, 0.2) is 0 Å². The second-order valence-corrected chi connectivity index (χ2v) is 2.53. The fraction of sp³-hybridized carbons (Fsp3) is 0.500. The first-order chi connectivity index (χ1) is 6.19. The van der Waals surface area contributed by atoms with Gasteiger partial charge in [-0.05, 0) is 19.9 Å². The molecular formula is C8H12N2O3. The first kappa shape index (κ1) is 9.73. The summed E-state index contributed by atoms with van der Waals surface area (Å²) >= 11 is 0.